The van der Waals surface area contributed by atoms with Crippen LogP contribution in [0.3, 0.4) is 0 Å². The molecule has 7 heteroatoms. The topological polar surface area (TPSA) is 90.7 Å². The lowest BCUT2D eigenvalue weighted by Crippen LogP contribution is -2.49. The second kappa shape index (κ2) is 9.42. The fourth-order valence-electron chi connectivity index (χ4n) is 4.47. The summed E-state index contributed by atoms with van der Waals surface area (Å²) in [5, 5.41) is 3.02. The Bertz CT molecular complexity index is 668. The van der Waals surface area contributed by atoms with Gasteiger partial charge in [-0.1, -0.05) is 12.5 Å². The van der Waals surface area contributed by atoms with Crippen LogP contribution >= 0.6 is 12.4 Å². The average molecular weight is 397 g/mol. The van der Waals surface area contributed by atoms with Crippen LogP contribution in [-0.4, -0.2) is 32.1 Å². The summed E-state index contributed by atoms with van der Waals surface area (Å²) in [5.74, 6) is 1.09. The number of halogens is 1. The van der Waals surface area contributed by atoms with Crippen LogP contribution in [0.4, 0.5) is 0 Å². The maximum absolute atomic E-state index is 12.6. The zero-order valence-corrected chi connectivity index (χ0v) is 16.7. The van der Waals surface area contributed by atoms with Gasteiger partial charge in [-0.25, -0.2) is 4.79 Å². The molecule has 3 N–H and O–H groups in total. The number of methoxy groups -OCH3 is 2. The largest absolute Gasteiger partial charge is 0.496 e. The van der Waals surface area contributed by atoms with Crippen LogP contribution < -0.4 is 15.8 Å². The molecule has 2 aliphatic carbocycles. The van der Waals surface area contributed by atoms with Gasteiger partial charge >= 0.3 is 5.97 Å². The van der Waals surface area contributed by atoms with Gasteiger partial charge in [-0.15, -0.1) is 12.4 Å². The van der Waals surface area contributed by atoms with Gasteiger partial charge in [0.25, 0.3) is 0 Å². The molecule has 6 nitrogen and oxygen atoms in total. The van der Waals surface area contributed by atoms with Crippen LogP contribution in [0.25, 0.3) is 0 Å². The Kier molecular flexibility index (Phi) is 7.50. The zero-order chi connectivity index (χ0) is 18.7. The van der Waals surface area contributed by atoms with Crippen molar-refractivity contribution in [1.29, 1.82) is 0 Å². The number of rotatable bonds is 5. The van der Waals surface area contributed by atoms with Gasteiger partial charge in [0.05, 0.1) is 14.2 Å². The molecule has 0 spiro atoms. The van der Waals surface area contributed by atoms with E-state index in [1.54, 1.807) is 12.1 Å². The molecule has 2 saturated carbocycles. The lowest BCUT2D eigenvalue weighted by Gasteiger charge is -2.43. The number of nitrogens with two attached hydrogens (primary N) is 1. The molecular weight excluding hydrogens is 368 g/mol. The summed E-state index contributed by atoms with van der Waals surface area (Å²) in [4.78, 5) is 24.5. The number of carbonyl (C=O) groups excluding carboxylic acids is 2. The van der Waals surface area contributed by atoms with Crippen molar-refractivity contribution in [2.75, 3.05) is 14.2 Å². The second-order valence-corrected chi connectivity index (χ2v) is 7.44. The smallest absolute Gasteiger partial charge is 0.341 e. The fraction of sp³-hybridized carbons (Fsp3) is 0.600. The van der Waals surface area contributed by atoms with E-state index in [0.29, 0.717) is 29.7 Å². The van der Waals surface area contributed by atoms with Gasteiger partial charge in [-0.05, 0) is 55.2 Å². The van der Waals surface area contributed by atoms with Crippen LogP contribution in [0.1, 0.15) is 48.0 Å². The predicted molar refractivity (Wildman–Crippen MR) is 105 cm³/mol. The monoisotopic (exact) mass is 396 g/mol. The predicted octanol–water partition coefficient (Wildman–Crippen LogP) is 2.67. The minimum absolute atomic E-state index is 0. The van der Waals surface area contributed by atoms with E-state index in [-0.39, 0.29) is 30.3 Å². The van der Waals surface area contributed by atoms with Crippen molar-refractivity contribution < 1.29 is 19.1 Å². The van der Waals surface area contributed by atoms with Gasteiger partial charge in [0.15, 0.2) is 0 Å². The fourth-order valence-corrected chi connectivity index (χ4v) is 4.47. The van der Waals surface area contributed by atoms with E-state index in [1.165, 1.54) is 20.6 Å². The number of amides is 1. The van der Waals surface area contributed by atoms with Crippen LogP contribution in [-0.2, 0) is 16.1 Å². The number of fused-ring (bicyclic) bond motifs is 2. The van der Waals surface area contributed by atoms with Gasteiger partial charge in [0.1, 0.15) is 11.3 Å². The zero-order valence-electron chi connectivity index (χ0n) is 15.9. The molecule has 3 rings (SSSR count). The second-order valence-electron chi connectivity index (χ2n) is 7.44. The lowest BCUT2D eigenvalue weighted by atomic mass is 9.65. The normalized spacial score (nSPS) is 26.5. The third kappa shape index (κ3) is 4.74. The summed E-state index contributed by atoms with van der Waals surface area (Å²) in [7, 11) is 2.84. The Morgan fingerprint density at radius 1 is 1.19 bits per heavy atom. The number of hydrogen-bond donors (Lipinski definition) is 2. The molecule has 0 saturated heterocycles. The molecule has 1 aromatic carbocycles. The molecular formula is C20H29ClN2O4. The molecule has 150 valence electrons. The summed E-state index contributed by atoms with van der Waals surface area (Å²) in [5.41, 5.74) is 7.51. The quantitative estimate of drug-likeness (QED) is 0.746. The maximum atomic E-state index is 12.6. The molecule has 0 radical (unpaired) electrons. The molecule has 2 unspecified atom stereocenters. The maximum Gasteiger partial charge on any atom is 0.341 e. The molecule has 1 aromatic rings. The van der Waals surface area contributed by atoms with Crippen LogP contribution in [0.15, 0.2) is 18.2 Å². The first-order valence-electron chi connectivity index (χ1n) is 9.32. The third-order valence-electron chi connectivity index (χ3n) is 5.92. The highest BCUT2D eigenvalue weighted by atomic mass is 35.5. The summed E-state index contributed by atoms with van der Waals surface area (Å²) in [6, 6.07) is 5.53. The van der Waals surface area contributed by atoms with Crippen LogP contribution in [0.5, 0.6) is 5.75 Å². The number of benzene rings is 1. The number of nitrogens with one attached hydrogen (secondary N) is 1. The van der Waals surface area contributed by atoms with E-state index in [0.717, 1.165) is 31.2 Å². The first-order valence-corrected chi connectivity index (χ1v) is 9.32. The van der Waals surface area contributed by atoms with Crippen LogP contribution in [0.2, 0.25) is 0 Å². The highest BCUT2D eigenvalue weighted by Gasteiger charge is 2.40. The Balaban J connectivity index is 0.00000261. The first kappa shape index (κ1) is 21.5. The molecule has 2 fully saturated rings. The van der Waals surface area contributed by atoms with E-state index in [4.69, 9.17) is 15.2 Å². The Labute approximate surface area is 166 Å². The summed E-state index contributed by atoms with van der Waals surface area (Å²) in [6.45, 7) is 0.380. The van der Waals surface area contributed by atoms with Gasteiger partial charge in [-0.2, -0.15) is 0 Å². The SMILES string of the molecule is COC(=O)c1cc(CNC(=O)C2CC3CCCC(C2)C3N)ccc1OC.Cl. The molecule has 0 aromatic heterocycles. The average Bonchev–Trinajstić information content (AvgIpc) is 2.65. The highest BCUT2D eigenvalue weighted by molar-refractivity contribution is 5.92. The molecule has 27 heavy (non-hydrogen) atoms. The Morgan fingerprint density at radius 3 is 2.44 bits per heavy atom. The molecule has 2 aliphatic rings. The molecule has 0 heterocycles. The van der Waals surface area contributed by atoms with Gasteiger partial charge < -0.3 is 20.5 Å². The first-order chi connectivity index (χ1) is 12.5. The highest BCUT2D eigenvalue weighted by Crippen LogP contribution is 2.41. The molecule has 2 atom stereocenters. The third-order valence-corrected chi connectivity index (χ3v) is 5.92. The minimum atomic E-state index is -0.455. The summed E-state index contributed by atoms with van der Waals surface area (Å²) < 4.78 is 9.99. The molecule has 0 aliphatic heterocycles. The number of esters is 1. The van der Waals surface area contributed by atoms with E-state index >= 15 is 0 Å². The van der Waals surface area contributed by atoms with E-state index in [2.05, 4.69) is 5.32 Å². The number of carbonyl (C=O) groups is 2. The van der Waals surface area contributed by atoms with E-state index < -0.39 is 5.97 Å². The van der Waals surface area contributed by atoms with Crippen molar-refractivity contribution in [1.82, 2.24) is 5.32 Å². The molecule has 2 bridgehead atoms. The van der Waals surface area contributed by atoms with Crippen molar-refractivity contribution >= 4 is 24.3 Å². The van der Waals surface area contributed by atoms with Gasteiger partial charge in [0, 0.05) is 18.5 Å². The van der Waals surface area contributed by atoms with E-state index in [1.807, 2.05) is 6.07 Å². The van der Waals surface area contributed by atoms with Gasteiger partial charge in [-0.3, -0.25) is 4.79 Å². The standard InChI is InChI=1S/C20H28N2O4.ClH/c1-25-17-7-6-12(8-16(17)20(24)26-2)11-22-19(23)15-9-13-4-3-5-14(10-15)18(13)21;/h6-8,13-15,18H,3-5,9-11,21H2,1-2H3,(H,22,23);1H. The van der Waals surface area contributed by atoms with Crippen molar-refractivity contribution in [2.24, 2.45) is 23.5 Å². The minimum Gasteiger partial charge on any atom is -0.496 e. The number of ether oxygens (including phenoxy) is 2. The Hall–Kier alpha value is -1.79. The van der Waals surface area contributed by atoms with Crippen molar-refractivity contribution in [3.63, 3.8) is 0 Å². The summed E-state index contributed by atoms with van der Waals surface area (Å²) in [6.07, 6.45) is 5.30. The van der Waals surface area contributed by atoms with Crippen molar-refractivity contribution in [3.8, 4) is 5.75 Å². The molecule has 1 amide bonds. The summed E-state index contributed by atoms with van der Waals surface area (Å²) >= 11 is 0. The lowest BCUT2D eigenvalue weighted by molar-refractivity contribution is -0.128. The Morgan fingerprint density at radius 2 is 1.85 bits per heavy atom. The number of hydrogen-bond acceptors (Lipinski definition) is 5. The van der Waals surface area contributed by atoms with Gasteiger partial charge in [0.2, 0.25) is 5.91 Å². The van der Waals surface area contributed by atoms with E-state index in [9.17, 15) is 9.59 Å². The van der Waals surface area contributed by atoms with Crippen molar-refractivity contribution in [2.45, 2.75) is 44.7 Å². The van der Waals surface area contributed by atoms with Crippen molar-refractivity contribution in [3.05, 3.63) is 29.3 Å². The van der Waals surface area contributed by atoms with Crippen LogP contribution in [0, 0.1) is 17.8 Å².